The van der Waals surface area contributed by atoms with Gasteiger partial charge in [-0.25, -0.2) is 9.37 Å². The lowest BCUT2D eigenvalue weighted by molar-refractivity contribution is 0.0773. The molecule has 0 aliphatic carbocycles. The Morgan fingerprint density at radius 1 is 0.978 bits per heavy atom. The van der Waals surface area contributed by atoms with Crippen LogP contribution in [0.4, 0.5) is 4.39 Å². The van der Waals surface area contributed by atoms with Gasteiger partial charge in [-0.2, -0.15) is 0 Å². The molecule has 1 amide bonds. The first-order chi connectivity index (χ1) is 22.0. The number of ether oxygens (including phenoxy) is 2. The highest BCUT2D eigenvalue weighted by molar-refractivity contribution is 5.94. The maximum absolute atomic E-state index is 13.6. The van der Waals surface area contributed by atoms with E-state index in [0.29, 0.717) is 42.4 Å². The summed E-state index contributed by atoms with van der Waals surface area (Å²) in [7, 11) is 1.63. The van der Waals surface area contributed by atoms with Crippen LogP contribution in [0.3, 0.4) is 0 Å². The first-order valence-corrected chi connectivity index (χ1v) is 15.3. The number of rotatable bonds is 10. The topological polar surface area (TPSA) is 70.7 Å². The van der Waals surface area contributed by atoms with E-state index in [4.69, 9.17) is 9.47 Å². The first-order valence-electron chi connectivity index (χ1n) is 15.3. The minimum absolute atomic E-state index is 0.0260. The molecule has 0 bridgehead atoms. The number of halogens is 1. The normalized spacial score (nSPS) is 14.5. The second-order valence-electron chi connectivity index (χ2n) is 11.1. The zero-order chi connectivity index (χ0) is 31.3. The van der Waals surface area contributed by atoms with E-state index in [-0.39, 0.29) is 17.8 Å². The Morgan fingerprint density at radius 3 is 2.40 bits per heavy atom. The van der Waals surface area contributed by atoms with E-state index in [1.54, 1.807) is 19.2 Å². The van der Waals surface area contributed by atoms with Gasteiger partial charge in [-0.3, -0.25) is 9.69 Å². The van der Waals surface area contributed by atoms with Crippen LogP contribution in [0.25, 0.3) is 11.4 Å². The molecule has 0 saturated carbocycles. The van der Waals surface area contributed by atoms with Crippen molar-refractivity contribution in [3.05, 3.63) is 131 Å². The number of nitrogens with one attached hydrogen (secondary N) is 1. The third kappa shape index (κ3) is 6.47. The number of fused-ring (bicyclic) bond motifs is 1. The van der Waals surface area contributed by atoms with Crippen LogP contribution in [-0.2, 0) is 13.0 Å². The summed E-state index contributed by atoms with van der Waals surface area (Å²) in [4.78, 5) is 25.5. The molecule has 1 atom stereocenters. The van der Waals surface area contributed by atoms with Gasteiger partial charge < -0.3 is 19.4 Å². The van der Waals surface area contributed by atoms with Crippen LogP contribution < -0.4 is 9.47 Å². The summed E-state index contributed by atoms with van der Waals surface area (Å²) < 4.78 is 25.6. The molecule has 4 aromatic carbocycles. The predicted molar refractivity (Wildman–Crippen MR) is 173 cm³/mol. The smallest absolute Gasteiger partial charge is 0.253 e. The van der Waals surface area contributed by atoms with Crippen molar-refractivity contribution in [2.75, 3.05) is 26.7 Å². The van der Waals surface area contributed by atoms with E-state index >= 15 is 0 Å². The van der Waals surface area contributed by atoms with Crippen LogP contribution in [-0.4, -0.2) is 52.4 Å². The lowest BCUT2D eigenvalue weighted by atomic mass is 9.87. The van der Waals surface area contributed by atoms with E-state index in [9.17, 15) is 9.18 Å². The van der Waals surface area contributed by atoms with Gasteiger partial charge in [0.25, 0.3) is 5.91 Å². The van der Waals surface area contributed by atoms with Crippen molar-refractivity contribution in [1.29, 1.82) is 0 Å². The fraction of sp³-hybridized carbons (Fsp3) is 0.243. The van der Waals surface area contributed by atoms with Crippen LogP contribution in [0.2, 0.25) is 0 Å². The first kappa shape index (κ1) is 30.1. The summed E-state index contributed by atoms with van der Waals surface area (Å²) in [5.74, 6) is 2.22. The molecule has 6 rings (SSSR count). The molecule has 0 radical (unpaired) electrons. The molecule has 8 heteroatoms. The van der Waals surface area contributed by atoms with Crippen molar-refractivity contribution < 1.29 is 18.7 Å². The fourth-order valence-electron chi connectivity index (χ4n) is 6.01. The van der Waals surface area contributed by atoms with Crippen LogP contribution >= 0.6 is 0 Å². The van der Waals surface area contributed by atoms with Gasteiger partial charge in [-0.1, -0.05) is 42.5 Å². The lowest BCUT2D eigenvalue weighted by Gasteiger charge is -2.38. The van der Waals surface area contributed by atoms with Crippen LogP contribution in [0.1, 0.15) is 52.6 Å². The summed E-state index contributed by atoms with van der Waals surface area (Å²) in [6, 6.07) is 27.9. The Balaban J connectivity index is 1.38. The van der Waals surface area contributed by atoms with Crippen molar-refractivity contribution in [3.8, 4) is 28.6 Å². The Labute approximate surface area is 263 Å². The van der Waals surface area contributed by atoms with Gasteiger partial charge in [-0.15, -0.1) is 0 Å². The number of amides is 1. The van der Waals surface area contributed by atoms with Gasteiger partial charge in [0.15, 0.2) is 11.5 Å². The molecule has 7 nitrogen and oxygen atoms in total. The summed E-state index contributed by atoms with van der Waals surface area (Å²) in [6.07, 6.45) is 2.72. The van der Waals surface area contributed by atoms with Crippen molar-refractivity contribution in [2.45, 2.75) is 32.9 Å². The quantitative estimate of drug-likeness (QED) is 0.177. The lowest BCUT2D eigenvalue weighted by Crippen LogP contribution is -2.36. The highest BCUT2D eigenvalue weighted by Gasteiger charge is 2.31. The molecule has 0 saturated heterocycles. The van der Waals surface area contributed by atoms with E-state index in [1.165, 1.54) is 12.1 Å². The number of aromatic amines is 1. The van der Waals surface area contributed by atoms with E-state index in [0.717, 1.165) is 46.7 Å². The molecule has 0 spiro atoms. The zero-order valence-electron chi connectivity index (χ0n) is 25.8. The zero-order valence-corrected chi connectivity index (χ0v) is 25.8. The second kappa shape index (κ2) is 13.4. The molecular formula is C37H37FN4O3. The van der Waals surface area contributed by atoms with Gasteiger partial charge >= 0.3 is 0 Å². The number of nitrogens with zero attached hydrogens (tertiary/aromatic N) is 3. The third-order valence-corrected chi connectivity index (χ3v) is 8.37. The molecule has 1 N–H and O–H groups in total. The van der Waals surface area contributed by atoms with Gasteiger partial charge in [0.05, 0.1) is 13.2 Å². The second-order valence-corrected chi connectivity index (χ2v) is 11.1. The Morgan fingerprint density at radius 2 is 1.71 bits per heavy atom. The molecule has 1 aromatic heterocycles. The number of imidazole rings is 1. The fourth-order valence-corrected chi connectivity index (χ4v) is 6.01. The summed E-state index contributed by atoms with van der Waals surface area (Å²) in [6.45, 7) is 6.75. The van der Waals surface area contributed by atoms with Crippen LogP contribution in [0.5, 0.6) is 17.2 Å². The van der Waals surface area contributed by atoms with E-state index < -0.39 is 0 Å². The molecule has 2 heterocycles. The average molecular weight is 605 g/mol. The van der Waals surface area contributed by atoms with E-state index in [2.05, 4.69) is 27.0 Å². The number of benzene rings is 4. The maximum atomic E-state index is 13.6. The largest absolute Gasteiger partial charge is 0.493 e. The minimum atomic E-state index is -0.326. The summed E-state index contributed by atoms with van der Waals surface area (Å²) in [5, 5.41) is 0. The molecule has 1 aliphatic rings. The standard InChI is InChI=1S/C37H37FN4O3/c1-4-41(5-2)37(43)27-13-11-25(12-14-27)35-32-22-34(45-31-17-15-29(38)16-18-31)33(44-3)21-28(32)19-20-42(35)24-30-23-39-36(40-30)26-9-7-6-8-10-26/h6-18,21-23,35H,4-5,19-20,24H2,1-3H3,(H,39,40). The SMILES string of the molecule is CCN(CC)C(=O)c1ccc(C2c3cc(Oc4ccc(F)cc4)c(OC)cc3CCN2Cc2cnc(-c3ccccc3)[nH]2)cc1. The number of methoxy groups -OCH3 is 1. The average Bonchev–Trinajstić information content (AvgIpc) is 3.55. The third-order valence-electron chi connectivity index (χ3n) is 8.37. The number of carbonyl (C=O) groups excluding carboxylic acids is 1. The number of hydrogen-bond acceptors (Lipinski definition) is 5. The molecule has 1 unspecified atom stereocenters. The van der Waals surface area contributed by atoms with Crippen molar-refractivity contribution in [2.24, 2.45) is 0 Å². The number of aromatic nitrogens is 2. The predicted octanol–water partition coefficient (Wildman–Crippen LogP) is 7.65. The number of H-pyrrole nitrogens is 1. The highest BCUT2D eigenvalue weighted by atomic mass is 19.1. The minimum Gasteiger partial charge on any atom is -0.493 e. The summed E-state index contributed by atoms with van der Waals surface area (Å²) in [5.41, 5.74) is 6.02. The Bertz CT molecular complexity index is 1750. The monoisotopic (exact) mass is 604 g/mol. The molecule has 5 aromatic rings. The van der Waals surface area contributed by atoms with Crippen LogP contribution in [0, 0.1) is 5.82 Å². The van der Waals surface area contributed by atoms with Gasteiger partial charge in [0, 0.05) is 49.2 Å². The molecule has 0 fully saturated rings. The molecule has 1 aliphatic heterocycles. The molecular weight excluding hydrogens is 567 g/mol. The molecule has 230 valence electrons. The van der Waals surface area contributed by atoms with Crippen LogP contribution in [0.15, 0.2) is 97.2 Å². The van der Waals surface area contributed by atoms with Gasteiger partial charge in [0.1, 0.15) is 17.4 Å². The maximum Gasteiger partial charge on any atom is 0.253 e. The Hall–Kier alpha value is -4.95. The Kier molecular flexibility index (Phi) is 8.93. The van der Waals surface area contributed by atoms with Crippen molar-refractivity contribution >= 4 is 5.91 Å². The number of hydrogen-bond donors (Lipinski definition) is 1. The summed E-state index contributed by atoms with van der Waals surface area (Å²) >= 11 is 0. The van der Waals surface area contributed by atoms with Gasteiger partial charge in [-0.05, 0) is 85.5 Å². The van der Waals surface area contributed by atoms with E-state index in [1.807, 2.05) is 79.5 Å². The number of carbonyl (C=O) groups is 1. The van der Waals surface area contributed by atoms with Crippen molar-refractivity contribution in [3.63, 3.8) is 0 Å². The highest BCUT2D eigenvalue weighted by Crippen LogP contribution is 2.43. The van der Waals surface area contributed by atoms with Crippen molar-refractivity contribution in [1.82, 2.24) is 19.8 Å². The van der Waals surface area contributed by atoms with Gasteiger partial charge in [0.2, 0.25) is 0 Å². The molecule has 45 heavy (non-hydrogen) atoms.